The fourth-order valence-electron chi connectivity index (χ4n) is 0.476. The van der Waals surface area contributed by atoms with Crippen molar-refractivity contribution in [2.45, 2.75) is 0 Å². The van der Waals surface area contributed by atoms with Crippen LogP contribution in [-0.4, -0.2) is 0 Å². The molecule has 0 aliphatic carbocycles. The third kappa shape index (κ3) is 0.978. The van der Waals surface area contributed by atoms with Crippen LogP contribution in [-0.2, 0) is 5.26 Å². The van der Waals surface area contributed by atoms with Crippen molar-refractivity contribution < 1.29 is 10.1 Å². The van der Waals surface area contributed by atoms with E-state index in [1.54, 1.807) is 24.3 Å². The Morgan fingerprint density at radius 3 is 2.12 bits per heavy atom. The number of benzene rings is 1. The molecule has 0 saturated carbocycles. The zero-order valence-corrected chi connectivity index (χ0v) is 4.20. The van der Waals surface area contributed by atoms with Gasteiger partial charge in [-0.1, -0.05) is 18.2 Å². The Kier molecular flexibility index (Phi) is 1.49. The first-order chi connectivity index (χ1) is 3.93. The summed E-state index contributed by atoms with van der Waals surface area (Å²) in [6.45, 7) is 0. The molecule has 1 rings (SSSR count). The zero-order chi connectivity index (χ0) is 5.82. The monoisotopic (exact) mass is 109 g/mol. The fourth-order valence-corrected chi connectivity index (χ4v) is 0.476. The molecular formula is C6H5O2. The van der Waals surface area contributed by atoms with Gasteiger partial charge in [-0.15, -0.1) is 0 Å². The maximum atomic E-state index is 9.63. The molecule has 0 N–H and O–H groups in total. The van der Waals surface area contributed by atoms with E-state index in [-0.39, 0.29) is 0 Å². The summed E-state index contributed by atoms with van der Waals surface area (Å²) < 4.78 is 0. The van der Waals surface area contributed by atoms with E-state index < -0.39 is 0 Å². The van der Waals surface area contributed by atoms with E-state index >= 15 is 0 Å². The third-order valence-corrected chi connectivity index (χ3v) is 0.839. The normalized spacial score (nSPS) is 8.62. The Bertz CT molecular complexity index is 148. The average molecular weight is 109 g/mol. The van der Waals surface area contributed by atoms with E-state index in [4.69, 9.17) is 0 Å². The van der Waals surface area contributed by atoms with Crippen LogP contribution < -0.4 is 4.89 Å². The molecule has 0 heterocycles. The Morgan fingerprint density at radius 2 is 1.75 bits per heavy atom. The molecular weight excluding hydrogens is 104 g/mol. The van der Waals surface area contributed by atoms with Crippen LogP contribution >= 0.6 is 0 Å². The van der Waals surface area contributed by atoms with Crippen molar-refractivity contribution >= 4 is 0 Å². The number of para-hydroxylation sites is 1. The van der Waals surface area contributed by atoms with Gasteiger partial charge in [-0.3, -0.25) is 0 Å². The van der Waals surface area contributed by atoms with E-state index in [0.717, 1.165) is 0 Å². The Balaban J connectivity index is 2.83. The van der Waals surface area contributed by atoms with Crippen LogP contribution in [0.3, 0.4) is 0 Å². The van der Waals surface area contributed by atoms with Crippen LogP contribution in [0.1, 0.15) is 0 Å². The second kappa shape index (κ2) is 2.33. The summed E-state index contributed by atoms with van der Waals surface area (Å²) in [6, 6.07) is 8.52. The van der Waals surface area contributed by atoms with Crippen molar-refractivity contribution in [3.05, 3.63) is 30.3 Å². The van der Waals surface area contributed by atoms with Gasteiger partial charge in [0.2, 0.25) is 0 Å². The first-order valence-electron chi connectivity index (χ1n) is 2.28. The molecule has 2 nitrogen and oxygen atoms in total. The van der Waals surface area contributed by atoms with Gasteiger partial charge in [0.15, 0.2) is 5.75 Å². The smallest absolute Gasteiger partial charge is 0.168 e. The molecule has 0 bridgehead atoms. The average Bonchev–Trinajstić information content (AvgIpc) is 1.90. The highest BCUT2D eigenvalue weighted by Crippen LogP contribution is 2.05. The highest BCUT2D eigenvalue weighted by atomic mass is 17.1. The van der Waals surface area contributed by atoms with E-state index in [0.29, 0.717) is 5.75 Å². The quantitative estimate of drug-likeness (QED) is 0.396. The topological polar surface area (TPSA) is 29.1 Å². The molecule has 0 atom stereocenters. The predicted octanol–water partition coefficient (Wildman–Crippen LogP) is 1.41. The molecule has 0 aliphatic heterocycles. The van der Waals surface area contributed by atoms with Crippen molar-refractivity contribution in [2.24, 2.45) is 0 Å². The second-order valence-electron chi connectivity index (χ2n) is 1.40. The number of hydrogen-bond acceptors (Lipinski definition) is 1. The van der Waals surface area contributed by atoms with E-state index in [9.17, 15) is 5.26 Å². The minimum Gasteiger partial charge on any atom is -0.305 e. The van der Waals surface area contributed by atoms with Crippen LogP contribution in [0.15, 0.2) is 30.3 Å². The Hall–Kier alpha value is -1.02. The summed E-state index contributed by atoms with van der Waals surface area (Å²) in [5.41, 5.74) is 0. The highest BCUT2D eigenvalue weighted by Gasteiger charge is 1.84. The first-order valence-corrected chi connectivity index (χ1v) is 2.28. The molecule has 1 aromatic rings. The molecule has 1 aromatic carbocycles. The van der Waals surface area contributed by atoms with Gasteiger partial charge in [0, 0.05) is 5.26 Å². The van der Waals surface area contributed by atoms with Gasteiger partial charge < -0.3 is 4.89 Å². The zero-order valence-electron chi connectivity index (χ0n) is 4.20. The van der Waals surface area contributed by atoms with Crippen molar-refractivity contribution in [1.82, 2.24) is 0 Å². The minimum absolute atomic E-state index is 0.354. The molecule has 1 radical (unpaired) electrons. The summed E-state index contributed by atoms with van der Waals surface area (Å²) in [5, 5.41) is 9.63. The lowest BCUT2D eigenvalue weighted by Gasteiger charge is -1.87. The molecule has 2 heteroatoms. The predicted molar refractivity (Wildman–Crippen MR) is 27.8 cm³/mol. The Labute approximate surface area is 47.3 Å². The van der Waals surface area contributed by atoms with Crippen LogP contribution in [0.25, 0.3) is 0 Å². The van der Waals surface area contributed by atoms with Crippen molar-refractivity contribution in [1.29, 1.82) is 0 Å². The fraction of sp³-hybridized carbons (Fsp3) is 0. The Morgan fingerprint density at radius 1 is 1.12 bits per heavy atom. The molecule has 41 valence electrons. The van der Waals surface area contributed by atoms with Gasteiger partial charge in [0.05, 0.1) is 0 Å². The van der Waals surface area contributed by atoms with Crippen molar-refractivity contribution in [3.8, 4) is 5.75 Å². The molecule has 8 heavy (non-hydrogen) atoms. The van der Waals surface area contributed by atoms with Gasteiger partial charge in [0.1, 0.15) is 0 Å². The molecule has 0 aromatic heterocycles. The van der Waals surface area contributed by atoms with Crippen molar-refractivity contribution in [3.63, 3.8) is 0 Å². The summed E-state index contributed by atoms with van der Waals surface area (Å²) in [4.78, 5) is 3.66. The first kappa shape index (κ1) is 5.12. The van der Waals surface area contributed by atoms with Crippen LogP contribution in [0.4, 0.5) is 0 Å². The van der Waals surface area contributed by atoms with Gasteiger partial charge in [0.25, 0.3) is 0 Å². The summed E-state index contributed by atoms with van der Waals surface area (Å²) in [6.07, 6.45) is 0. The molecule has 0 unspecified atom stereocenters. The lowest BCUT2D eigenvalue weighted by atomic mass is 10.3. The SMILES string of the molecule is [O]Oc1ccccc1. The lowest BCUT2D eigenvalue weighted by Crippen LogP contribution is -1.77. The van der Waals surface area contributed by atoms with Gasteiger partial charge in [-0.2, -0.15) is 0 Å². The summed E-state index contributed by atoms with van der Waals surface area (Å²) in [7, 11) is 0. The molecule has 0 fully saturated rings. The van der Waals surface area contributed by atoms with Crippen LogP contribution in [0.5, 0.6) is 5.75 Å². The molecule has 0 spiro atoms. The largest absolute Gasteiger partial charge is 0.305 e. The molecule has 0 aliphatic rings. The van der Waals surface area contributed by atoms with E-state index in [1.807, 2.05) is 6.07 Å². The number of rotatable bonds is 1. The maximum Gasteiger partial charge on any atom is 0.168 e. The lowest BCUT2D eigenvalue weighted by molar-refractivity contribution is -0.208. The van der Waals surface area contributed by atoms with Crippen LogP contribution in [0.2, 0.25) is 0 Å². The summed E-state index contributed by atoms with van der Waals surface area (Å²) in [5.74, 6) is 0.354. The third-order valence-electron chi connectivity index (χ3n) is 0.839. The highest BCUT2D eigenvalue weighted by molar-refractivity contribution is 5.19. The number of hydrogen-bond donors (Lipinski definition) is 0. The van der Waals surface area contributed by atoms with Gasteiger partial charge in [-0.25, -0.2) is 0 Å². The van der Waals surface area contributed by atoms with E-state index in [2.05, 4.69) is 4.89 Å². The second-order valence-corrected chi connectivity index (χ2v) is 1.40. The van der Waals surface area contributed by atoms with Crippen molar-refractivity contribution in [2.75, 3.05) is 0 Å². The standard InChI is InChI=1S/C6H5O2/c7-8-6-4-2-1-3-5-6/h1-5H. The summed E-state index contributed by atoms with van der Waals surface area (Å²) >= 11 is 0. The van der Waals surface area contributed by atoms with E-state index in [1.165, 1.54) is 0 Å². The van der Waals surface area contributed by atoms with Crippen LogP contribution in [0, 0.1) is 0 Å². The molecule has 0 amide bonds. The maximum absolute atomic E-state index is 9.63. The van der Waals surface area contributed by atoms with Gasteiger partial charge in [-0.05, 0) is 12.1 Å². The minimum atomic E-state index is 0.354. The molecule has 0 saturated heterocycles. The van der Waals surface area contributed by atoms with Gasteiger partial charge >= 0.3 is 0 Å².